The van der Waals surface area contributed by atoms with E-state index in [9.17, 15) is 24.3 Å². The van der Waals surface area contributed by atoms with Crippen molar-refractivity contribution < 1.29 is 55.3 Å². The van der Waals surface area contributed by atoms with Crippen molar-refractivity contribution in [2.45, 2.75) is 63.4 Å². The maximum absolute atomic E-state index is 14.4. The zero-order chi connectivity index (χ0) is 38.7. The number of nitrogens with one attached hydrogen (secondary N) is 1. The Labute approximate surface area is 340 Å². The zero-order valence-electron chi connectivity index (χ0n) is 31.3. The molecule has 2 N–H and O–H groups in total. The number of rotatable bonds is 10. The number of esters is 1. The first-order valence-electron chi connectivity index (χ1n) is 18.2. The highest BCUT2D eigenvalue weighted by atomic mass is 79.9. The lowest BCUT2D eigenvalue weighted by molar-refractivity contribution is -0.688. The Morgan fingerprint density at radius 2 is 1.61 bits per heavy atom. The number of benzene rings is 3. The predicted molar refractivity (Wildman–Crippen MR) is 206 cm³/mol. The second kappa shape index (κ2) is 17.2. The van der Waals surface area contributed by atoms with Crippen LogP contribution in [-0.2, 0) is 36.9 Å². The smallest absolute Gasteiger partial charge is 0.408 e. The van der Waals surface area contributed by atoms with E-state index in [0.29, 0.717) is 43.0 Å². The van der Waals surface area contributed by atoms with E-state index in [4.69, 9.17) is 9.47 Å². The lowest BCUT2D eigenvalue weighted by Crippen LogP contribution is -3.00. The van der Waals surface area contributed by atoms with Gasteiger partial charge in [0.15, 0.2) is 25.0 Å². The molecular weight excluding hydrogens is 796 g/mol. The van der Waals surface area contributed by atoms with Gasteiger partial charge >= 0.3 is 12.1 Å². The van der Waals surface area contributed by atoms with Crippen molar-refractivity contribution >= 4 is 35.6 Å². The SMILES string of the molecule is CC(C)(C)OC(=O)N[C@@H]1C(=O)N2C(C(=O)OC(c3ccccc3)c3ccccc3)=C(C=C3CCN(Cc4cc[n+](Cc5cccc(O)c5)cc4)C3=O)CS[C@H]12.[Br-]. The number of halogens is 1. The number of β-lactam (4-membered cyclic amide) rings is 1. The summed E-state index contributed by atoms with van der Waals surface area (Å²) < 4.78 is 13.7. The van der Waals surface area contributed by atoms with E-state index in [1.807, 2.05) is 102 Å². The minimum Gasteiger partial charge on any atom is -1.00 e. The zero-order valence-corrected chi connectivity index (χ0v) is 33.7. The van der Waals surface area contributed by atoms with E-state index in [2.05, 4.69) is 5.32 Å². The maximum Gasteiger partial charge on any atom is 0.408 e. The van der Waals surface area contributed by atoms with Crippen LogP contribution >= 0.6 is 11.8 Å². The topological polar surface area (TPSA) is 129 Å². The number of carbonyl (C=O) groups is 4. The standard InChI is InChI=1S/C43H42N4O7S.BrH/c1-43(2,3)54-42(52)44-35-39(50)47-36(41(51)53-37(30-12-6-4-7-13-30)31-14-8-5-9-15-31)33(27-55-40(35)47)24-32-19-22-46(38(32)49)26-28-17-20-45(21-18-28)25-29-11-10-16-34(48)23-29;/h4-18,20-21,23-24,35,37,40H,19,22,25-27H2,1-3H3,(H-,44,48,52);1H/t35-,40-;/m1./s1. The monoisotopic (exact) mass is 838 g/mol. The summed E-state index contributed by atoms with van der Waals surface area (Å²) in [6, 6.07) is 28.9. The first-order valence-corrected chi connectivity index (χ1v) is 19.2. The van der Waals surface area contributed by atoms with Gasteiger partial charge in [0.2, 0.25) is 5.91 Å². The van der Waals surface area contributed by atoms with Crippen molar-refractivity contribution in [1.82, 2.24) is 15.1 Å². The van der Waals surface area contributed by atoms with Crippen LogP contribution in [0.4, 0.5) is 4.79 Å². The highest BCUT2D eigenvalue weighted by Gasteiger charge is 2.55. The maximum atomic E-state index is 14.4. The first kappa shape index (κ1) is 40.3. The van der Waals surface area contributed by atoms with Gasteiger partial charge in [0.05, 0.1) is 0 Å². The number of amides is 3. The molecule has 0 saturated carbocycles. The summed E-state index contributed by atoms with van der Waals surface area (Å²) in [6.45, 7) is 6.73. The molecule has 0 bridgehead atoms. The number of phenolic OH excluding ortho intramolecular Hbond substituents is 1. The third kappa shape index (κ3) is 9.17. The molecule has 2 atom stereocenters. The molecule has 0 unspecified atom stereocenters. The van der Waals surface area contributed by atoms with Crippen molar-refractivity contribution in [3.63, 3.8) is 0 Å². The van der Waals surface area contributed by atoms with Crippen molar-refractivity contribution in [2.24, 2.45) is 0 Å². The van der Waals surface area contributed by atoms with Gasteiger partial charge in [-0.3, -0.25) is 14.5 Å². The van der Waals surface area contributed by atoms with Gasteiger partial charge in [-0.05, 0) is 67.7 Å². The summed E-state index contributed by atoms with van der Waals surface area (Å²) in [7, 11) is 0. The average Bonchev–Trinajstić information content (AvgIpc) is 3.50. The van der Waals surface area contributed by atoms with E-state index >= 15 is 0 Å². The van der Waals surface area contributed by atoms with Crippen molar-refractivity contribution in [2.75, 3.05) is 12.3 Å². The molecule has 0 radical (unpaired) electrons. The van der Waals surface area contributed by atoms with Crippen LogP contribution < -0.4 is 26.9 Å². The number of nitrogens with zero attached hydrogens (tertiary/aromatic N) is 3. The Balaban J connectivity index is 0.00000532. The molecule has 4 aromatic rings. The van der Waals surface area contributed by atoms with Gasteiger partial charge in [-0.2, -0.15) is 0 Å². The Morgan fingerprint density at radius 1 is 0.946 bits per heavy atom. The molecule has 1 aromatic heterocycles. The molecule has 3 aliphatic heterocycles. The average molecular weight is 840 g/mol. The van der Waals surface area contributed by atoms with Crippen LogP contribution in [-0.4, -0.2) is 68.1 Å². The number of fused-ring (bicyclic) bond motifs is 1. The largest absolute Gasteiger partial charge is 1.00 e. The van der Waals surface area contributed by atoms with Crippen molar-refractivity contribution in [3.05, 3.63) is 155 Å². The van der Waals surface area contributed by atoms with Gasteiger partial charge < -0.3 is 41.8 Å². The van der Waals surface area contributed by atoms with Crippen LogP contribution in [0, 0.1) is 0 Å². The Kier molecular flexibility index (Phi) is 12.3. The molecule has 56 heavy (non-hydrogen) atoms. The Bertz CT molecular complexity index is 2120. The number of alkyl carbamates (subject to hydrolysis) is 1. The molecule has 7 rings (SSSR count). The molecule has 2 fully saturated rings. The summed E-state index contributed by atoms with van der Waals surface area (Å²) in [5, 5.41) is 11.9. The molecule has 290 valence electrons. The number of phenols is 1. The van der Waals surface area contributed by atoms with Gasteiger partial charge in [-0.1, -0.05) is 72.8 Å². The van der Waals surface area contributed by atoms with E-state index in [0.717, 1.165) is 22.3 Å². The third-order valence-electron chi connectivity index (χ3n) is 9.46. The number of thioether (sulfide) groups is 1. The fourth-order valence-corrected chi connectivity index (χ4v) is 8.18. The molecular formula is C43H43BrN4O7S. The number of ether oxygens (including phenoxy) is 2. The Morgan fingerprint density at radius 3 is 2.23 bits per heavy atom. The van der Waals surface area contributed by atoms with Crippen molar-refractivity contribution in [3.8, 4) is 5.75 Å². The van der Waals surface area contributed by atoms with Gasteiger partial charge in [-0.25, -0.2) is 14.2 Å². The highest BCUT2D eigenvalue weighted by Crippen LogP contribution is 2.43. The predicted octanol–water partition coefficient (Wildman–Crippen LogP) is 2.79. The Hall–Kier alpha value is -5.40. The second-order valence-electron chi connectivity index (χ2n) is 14.7. The normalized spacial score (nSPS) is 18.7. The van der Waals surface area contributed by atoms with Crippen LogP contribution in [0.1, 0.15) is 55.5 Å². The van der Waals surface area contributed by atoms with E-state index in [1.54, 1.807) is 43.9 Å². The molecule has 3 aromatic carbocycles. The summed E-state index contributed by atoms with van der Waals surface area (Å²) in [4.78, 5) is 57.8. The number of hydrogen-bond acceptors (Lipinski definition) is 8. The lowest BCUT2D eigenvalue weighted by atomic mass is 10.00. The molecule has 3 aliphatic rings. The van der Waals surface area contributed by atoms with Crippen LogP contribution in [0.15, 0.2) is 132 Å². The molecule has 13 heteroatoms. The fraction of sp³-hybridized carbons (Fsp3) is 0.279. The molecule has 11 nitrogen and oxygen atoms in total. The summed E-state index contributed by atoms with van der Waals surface area (Å²) in [6.07, 6.45) is 4.62. The molecule has 2 saturated heterocycles. The lowest BCUT2D eigenvalue weighted by Gasteiger charge is -2.49. The number of carbonyl (C=O) groups excluding carboxylic acids is 4. The third-order valence-corrected chi connectivity index (χ3v) is 10.8. The number of hydrogen-bond donors (Lipinski definition) is 2. The highest BCUT2D eigenvalue weighted by molar-refractivity contribution is 8.00. The van der Waals surface area contributed by atoms with E-state index in [-0.39, 0.29) is 34.3 Å². The summed E-state index contributed by atoms with van der Waals surface area (Å²) in [5.74, 6) is -0.788. The van der Waals surface area contributed by atoms with Crippen molar-refractivity contribution in [1.29, 1.82) is 0 Å². The minimum absolute atomic E-state index is 0. The molecule has 0 spiro atoms. The number of aromatic nitrogens is 1. The van der Waals surface area contributed by atoms with Gasteiger partial charge in [0.1, 0.15) is 28.5 Å². The van der Waals surface area contributed by atoms with E-state index < -0.39 is 41.1 Å². The second-order valence-corrected chi connectivity index (χ2v) is 15.8. The summed E-state index contributed by atoms with van der Waals surface area (Å²) >= 11 is 1.40. The van der Waals surface area contributed by atoms with Crippen LogP contribution in [0.3, 0.4) is 0 Å². The summed E-state index contributed by atoms with van der Waals surface area (Å²) in [5.41, 5.74) is 3.80. The molecule has 0 aliphatic carbocycles. The number of likely N-dealkylation sites (tertiary alicyclic amines) is 1. The van der Waals surface area contributed by atoms with E-state index in [1.165, 1.54) is 16.7 Å². The number of allylic oxidation sites excluding steroid dienone is 1. The van der Waals surface area contributed by atoms with Gasteiger partial charge in [0.25, 0.3) is 5.91 Å². The minimum atomic E-state index is -0.899. The first-order chi connectivity index (χ1) is 26.4. The molecule has 4 heterocycles. The molecule has 3 amide bonds. The number of pyridine rings is 1. The van der Waals surface area contributed by atoms with Crippen LogP contribution in [0.25, 0.3) is 0 Å². The van der Waals surface area contributed by atoms with Gasteiger partial charge in [-0.15, -0.1) is 11.8 Å². The fourth-order valence-electron chi connectivity index (χ4n) is 6.87. The number of aromatic hydroxyl groups is 1. The van der Waals surface area contributed by atoms with Crippen LogP contribution in [0.2, 0.25) is 0 Å². The van der Waals surface area contributed by atoms with Gasteiger partial charge in [0, 0.05) is 42.1 Å². The quantitative estimate of drug-likeness (QED) is 0.108. The van der Waals surface area contributed by atoms with Crippen LogP contribution in [0.5, 0.6) is 5.75 Å².